The number of sulfonamides is 1. The molecule has 0 saturated heterocycles. The number of hydrazine groups is 1. The normalized spacial score (nSPS) is 12.2. The van der Waals surface area contributed by atoms with Gasteiger partial charge in [0.25, 0.3) is 0 Å². The van der Waals surface area contributed by atoms with Crippen molar-refractivity contribution in [3.8, 4) is 0 Å². The number of nitrogens with zero attached hydrogens (tertiary/aromatic N) is 3. The summed E-state index contributed by atoms with van der Waals surface area (Å²) in [7, 11) is 1.83. The minimum atomic E-state index is -3.59. The number of aromatic nitrogens is 1. The van der Waals surface area contributed by atoms with Gasteiger partial charge in [-0.2, -0.15) is 0 Å². The van der Waals surface area contributed by atoms with Crippen LogP contribution in [0, 0.1) is 0 Å². The second kappa shape index (κ2) is 7.19. The maximum Gasteiger partial charge on any atom is 0.244 e. The van der Waals surface area contributed by atoms with E-state index in [2.05, 4.69) is 10.4 Å². The van der Waals surface area contributed by atoms with Crippen LogP contribution >= 0.6 is 11.6 Å². The number of anilines is 1. The molecule has 1 rings (SSSR count). The van der Waals surface area contributed by atoms with Crippen LogP contribution in [0.25, 0.3) is 0 Å². The van der Waals surface area contributed by atoms with Crippen molar-refractivity contribution in [1.82, 2.24) is 14.2 Å². The first-order valence-electron chi connectivity index (χ1n) is 6.02. The van der Waals surface area contributed by atoms with Crippen LogP contribution in [0.3, 0.4) is 0 Å². The number of hydrogen-bond acceptors (Lipinski definition) is 6. The van der Waals surface area contributed by atoms with Gasteiger partial charge in [0.15, 0.2) is 5.82 Å². The lowest BCUT2D eigenvalue weighted by atomic mass is 10.4. The van der Waals surface area contributed by atoms with E-state index in [1.54, 1.807) is 0 Å². The number of rotatable bonds is 7. The second-order valence-electron chi connectivity index (χ2n) is 4.63. The first kappa shape index (κ1) is 17.1. The Kier molecular flexibility index (Phi) is 6.15. The number of nitrogens with one attached hydrogen (secondary N) is 1. The van der Waals surface area contributed by atoms with Gasteiger partial charge < -0.3 is 10.3 Å². The highest BCUT2D eigenvalue weighted by molar-refractivity contribution is 7.89. The van der Waals surface area contributed by atoms with Crippen LogP contribution in [0.1, 0.15) is 6.42 Å². The van der Waals surface area contributed by atoms with Crippen LogP contribution in [0.5, 0.6) is 0 Å². The number of nitrogen functional groups attached to an aromatic ring is 1. The Balaban J connectivity index is 2.84. The number of pyridine rings is 1. The van der Waals surface area contributed by atoms with Gasteiger partial charge in [-0.1, -0.05) is 11.6 Å². The third-order valence-corrected chi connectivity index (χ3v) is 4.85. The fourth-order valence-electron chi connectivity index (χ4n) is 1.58. The van der Waals surface area contributed by atoms with Gasteiger partial charge in [0.2, 0.25) is 10.0 Å². The first-order valence-corrected chi connectivity index (χ1v) is 7.84. The van der Waals surface area contributed by atoms with E-state index in [1.165, 1.54) is 23.6 Å². The standard InChI is InChI=1S/C11H20ClN5O2S/c1-16(2)5-4-6-17(3)20(18,19)9-7-10(12)11(15-13)14-8-9/h7-8H,4-6,13H2,1-3H3,(H,14,15). The van der Waals surface area contributed by atoms with Crippen molar-refractivity contribution in [3.63, 3.8) is 0 Å². The van der Waals surface area contributed by atoms with E-state index < -0.39 is 10.0 Å². The zero-order valence-electron chi connectivity index (χ0n) is 11.8. The minimum Gasteiger partial charge on any atom is -0.309 e. The number of nitrogens with two attached hydrogens (primary N) is 1. The molecule has 0 spiro atoms. The van der Waals surface area contributed by atoms with E-state index in [0.717, 1.165) is 13.0 Å². The largest absolute Gasteiger partial charge is 0.309 e. The average molecular weight is 322 g/mol. The van der Waals surface area contributed by atoms with Crippen LogP contribution in [0.4, 0.5) is 5.82 Å². The lowest BCUT2D eigenvalue weighted by Crippen LogP contribution is -2.30. The summed E-state index contributed by atoms with van der Waals surface area (Å²) < 4.78 is 25.9. The molecule has 1 aromatic heterocycles. The molecule has 3 N–H and O–H groups in total. The first-order chi connectivity index (χ1) is 9.28. The van der Waals surface area contributed by atoms with Crippen LogP contribution in [0.2, 0.25) is 5.02 Å². The Morgan fingerprint density at radius 3 is 2.50 bits per heavy atom. The molecule has 1 heterocycles. The Hall–Kier alpha value is -0.930. The third-order valence-electron chi connectivity index (χ3n) is 2.74. The van der Waals surface area contributed by atoms with Gasteiger partial charge in [-0.25, -0.2) is 23.5 Å². The molecule has 0 aromatic carbocycles. The summed E-state index contributed by atoms with van der Waals surface area (Å²) in [5, 5.41) is 0.162. The van der Waals surface area contributed by atoms with E-state index in [-0.39, 0.29) is 15.7 Å². The summed E-state index contributed by atoms with van der Waals surface area (Å²) in [6, 6.07) is 1.33. The van der Waals surface area contributed by atoms with Gasteiger partial charge >= 0.3 is 0 Å². The average Bonchev–Trinajstić information content (AvgIpc) is 2.37. The van der Waals surface area contributed by atoms with E-state index in [1.807, 2.05) is 19.0 Å². The van der Waals surface area contributed by atoms with Crippen molar-refractivity contribution in [2.24, 2.45) is 5.84 Å². The molecule has 0 bridgehead atoms. The molecule has 114 valence electrons. The molecule has 0 unspecified atom stereocenters. The predicted molar refractivity (Wildman–Crippen MR) is 80.0 cm³/mol. The van der Waals surface area contributed by atoms with Crippen molar-refractivity contribution >= 4 is 27.4 Å². The molecular formula is C11H20ClN5O2S. The molecule has 20 heavy (non-hydrogen) atoms. The lowest BCUT2D eigenvalue weighted by molar-refractivity contribution is 0.370. The van der Waals surface area contributed by atoms with Crippen LogP contribution < -0.4 is 11.3 Å². The van der Waals surface area contributed by atoms with Gasteiger partial charge in [0.05, 0.1) is 5.02 Å². The van der Waals surface area contributed by atoms with E-state index >= 15 is 0 Å². The molecule has 0 aliphatic heterocycles. The van der Waals surface area contributed by atoms with Crippen LogP contribution in [-0.4, -0.2) is 56.8 Å². The Labute approximate surface area is 124 Å². The van der Waals surface area contributed by atoms with Gasteiger partial charge in [0.1, 0.15) is 4.90 Å². The summed E-state index contributed by atoms with van der Waals surface area (Å²) in [5.74, 6) is 5.44. The lowest BCUT2D eigenvalue weighted by Gasteiger charge is -2.18. The Morgan fingerprint density at radius 1 is 1.35 bits per heavy atom. The minimum absolute atomic E-state index is 0.0499. The fraction of sp³-hybridized carbons (Fsp3) is 0.545. The molecule has 0 aliphatic rings. The van der Waals surface area contributed by atoms with Crippen LogP contribution in [0.15, 0.2) is 17.2 Å². The van der Waals surface area contributed by atoms with Gasteiger partial charge in [-0.3, -0.25) is 0 Å². The highest BCUT2D eigenvalue weighted by Crippen LogP contribution is 2.23. The van der Waals surface area contributed by atoms with E-state index in [4.69, 9.17) is 17.4 Å². The third kappa shape index (κ3) is 4.29. The van der Waals surface area contributed by atoms with Crippen LogP contribution in [-0.2, 0) is 10.0 Å². The van der Waals surface area contributed by atoms with Crippen molar-refractivity contribution in [1.29, 1.82) is 0 Å². The second-order valence-corrected chi connectivity index (χ2v) is 7.08. The zero-order chi connectivity index (χ0) is 15.3. The molecule has 0 amide bonds. The molecule has 0 fully saturated rings. The molecule has 0 radical (unpaired) electrons. The summed E-state index contributed by atoms with van der Waals surface area (Å²) >= 11 is 5.89. The topological polar surface area (TPSA) is 91.6 Å². The highest BCUT2D eigenvalue weighted by Gasteiger charge is 2.22. The van der Waals surface area contributed by atoms with Crippen molar-refractivity contribution in [3.05, 3.63) is 17.3 Å². The summed E-state index contributed by atoms with van der Waals surface area (Å²) in [6.07, 6.45) is 1.98. The quantitative estimate of drug-likeness (QED) is 0.564. The molecular weight excluding hydrogens is 302 g/mol. The SMILES string of the molecule is CN(C)CCCN(C)S(=O)(=O)c1cnc(NN)c(Cl)c1. The molecule has 0 saturated carbocycles. The summed E-state index contributed by atoms with van der Waals surface area (Å²) in [4.78, 5) is 5.92. The molecule has 7 nitrogen and oxygen atoms in total. The Bertz CT molecular complexity index is 550. The molecule has 9 heteroatoms. The zero-order valence-corrected chi connectivity index (χ0v) is 13.4. The predicted octanol–water partition coefficient (Wildman–Crippen LogP) is 0.593. The molecule has 0 atom stereocenters. The molecule has 0 aliphatic carbocycles. The monoisotopic (exact) mass is 321 g/mol. The van der Waals surface area contributed by atoms with Gasteiger partial charge in [-0.05, 0) is 33.1 Å². The van der Waals surface area contributed by atoms with Gasteiger partial charge in [0, 0.05) is 19.8 Å². The summed E-state index contributed by atoms with van der Waals surface area (Å²) in [6.45, 7) is 1.24. The number of halogens is 1. The fourth-order valence-corrected chi connectivity index (χ4v) is 3.04. The smallest absolute Gasteiger partial charge is 0.244 e. The van der Waals surface area contributed by atoms with Gasteiger partial charge in [-0.15, -0.1) is 0 Å². The van der Waals surface area contributed by atoms with Crippen molar-refractivity contribution in [2.45, 2.75) is 11.3 Å². The van der Waals surface area contributed by atoms with Crippen molar-refractivity contribution in [2.75, 3.05) is 39.7 Å². The Morgan fingerprint density at radius 2 is 2.00 bits per heavy atom. The van der Waals surface area contributed by atoms with E-state index in [9.17, 15) is 8.42 Å². The van der Waals surface area contributed by atoms with E-state index in [0.29, 0.717) is 6.54 Å². The number of hydrogen-bond donors (Lipinski definition) is 2. The maximum atomic E-state index is 12.3. The highest BCUT2D eigenvalue weighted by atomic mass is 35.5. The molecule has 1 aromatic rings. The van der Waals surface area contributed by atoms with Crippen molar-refractivity contribution < 1.29 is 8.42 Å². The maximum absolute atomic E-state index is 12.3. The summed E-state index contributed by atoms with van der Waals surface area (Å²) in [5.41, 5.74) is 2.29.